The molecule has 0 saturated carbocycles. The lowest BCUT2D eigenvalue weighted by molar-refractivity contribution is -0.121. The number of pyridine rings is 1. The molecule has 2 aromatic rings. The number of thioether (sulfide) groups is 1. The van der Waals surface area contributed by atoms with Gasteiger partial charge in [-0.1, -0.05) is 35.9 Å². The molecule has 1 fully saturated rings. The molecule has 1 aliphatic rings. The lowest BCUT2D eigenvalue weighted by atomic mass is 10.1. The topological polar surface area (TPSA) is 45.6 Å². The molecule has 22 heavy (non-hydrogen) atoms. The fourth-order valence-corrected chi connectivity index (χ4v) is 3.06. The Balaban J connectivity index is 1.90. The number of amides is 1. The van der Waals surface area contributed by atoms with E-state index >= 15 is 0 Å². The summed E-state index contributed by atoms with van der Waals surface area (Å²) in [6, 6.07) is 13.6. The normalized spacial score (nSPS) is 18.5. The molecule has 0 atom stereocenters. The Morgan fingerprint density at radius 1 is 1.23 bits per heavy atom. The third-order valence-corrected chi connectivity index (χ3v) is 4.26. The summed E-state index contributed by atoms with van der Waals surface area (Å²) in [5.74, 6) is 0.558. The van der Waals surface area contributed by atoms with Crippen LogP contribution in [0.2, 0.25) is 0 Å². The maximum Gasteiger partial charge on any atom is 0.266 e. The third kappa shape index (κ3) is 3.09. The van der Waals surface area contributed by atoms with Gasteiger partial charge in [-0.3, -0.25) is 9.69 Å². The number of nitrogens with zero attached hydrogens (tertiary/aromatic N) is 3. The first-order chi connectivity index (χ1) is 10.6. The van der Waals surface area contributed by atoms with E-state index in [1.54, 1.807) is 18.1 Å². The second kappa shape index (κ2) is 6.15. The van der Waals surface area contributed by atoms with Gasteiger partial charge in [-0.2, -0.15) is 0 Å². The summed E-state index contributed by atoms with van der Waals surface area (Å²) in [7, 11) is 1.73. The van der Waals surface area contributed by atoms with Crippen molar-refractivity contribution in [2.24, 2.45) is 4.99 Å². The molecule has 1 saturated heterocycles. The van der Waals surface area contributed by atoms with Gasteiger partial charge in [0, 0.05) is 13.2 Å². The van der Waals surface area contributed by atoms with Crippen LogP contribution in [-0.4, -0.2) is 28.0 Å². The van der Waals surface area contributed by atoms with Crippen molar-refractivity contribution in [1.29, 1.82) is 0 Å². The highest BCUT2D eigenvalue weighted by atomic mass is 32.2. The Morgan fingerprint density at radius 3 is 2.82 bits per heavy atom. The molecule has 0 spiro atoms. The van der Waals surface area contributed by atoms with E-state index in [0.717, 1.165) is 5.56 Å². The number of rotatable bonds is 2. The van der Waals surface area contributed by atoms with Crippen LogP contribution in [0.15, 0.2) is 58.6 Å². The lowest BCUT2D eigenvalue weighted by Gasteiger charge is -2.06. The number of aliphatic imine (C=N–C) groups is 1. The van der Waals surface area contributed by atoms with Crippen LogP contribution < -0.4 is 0 Å². The van der Waals surface area contributed by atoms with Crippen molar-refractivity contribution in [2.75, 3.05) is 7.05 Å². The van der Waals surface area contributed by atoms with Crippen LogP contribution in [0.5, 0.6) is 0 Å². The van der Waals surface area contributed by atoms with Crippen molar-refractivity contribution < 1.29 is 4.79 Å². The minimum Gasteiger partial charge on any atom is -0.289 e. The van der Waals surface area contributed by atoms with E-state index in [9.17, 15) is 4.79 Å². The summed E-state index contributed by atoms with van der Waals surface area (Å²) < 4.78 is 0. The van der Waals surface area contributed by atoms with Crippen molar-refractivity contribution in [3.63, 3.8) is 0 Å². The number of benzene rings is 1. The fraction of sp³-hybridized carbons (Fsp3) is 0.118. The Morgan fingerprint density at radius 2 is 2.09 bits per heavy atom. The van der Waals surface area contributed by atoms with Crippen LogP contribution >= 0.6 is 11.8 Å². The van der Waals surface area contributed by atoms with Crippen molar-refractivity contribution in [2.45, 2.75) is 6.92 Å². The zero-order valence-electron chi connectivity index (χ0n) is 12.4. The zero-order valence-corrected chi connectivity index (χ0v) is 13.2. The number of likely N-dealkylation sites (N-methyl/N-ethyl adjacent to an activating group) is 1. The van der Waals surface area contributed by atoms with Crippen LogP contribution in [0.4, 0.5) is 5.82 Å². The first-order valence-corrected chi connectivity index (χ1v) is 7.69. The average Bonchev–Trinajstić information content (AvgIpc) is 2.77. The summed E-state index contributed by atoms with van der Waals surface area (Å²) in [5, 5.41) is 0.641. The van der Waals surface area contributed by atoms with E-state index in [1.165, 1.54) is 17.3 Å². The maximum atomic E-state index is 12.3. The van der Waals surface area contributed by atoms with Gasteiger partial charge in [0.1, 0.15) is 0 Å². The molecule has 0 bridgehead atoms. The summed E-state index contributed by atoms with van der Waals surface area (Å²) in [5.41, 5.74) is 2.18. The van der Waals surface area contributed by atoms with Crippen molar-refractivity contribution >= 4 is 34.7 Å². The molecule has 3 rings (SSSR count). The molecule has 2 heterocycles. The molecule has 1 amide bonds. The fourth-order valence-electron chi connectivity index (χ4n) is 2.08. The minimum absolute atomic E-state index is 0.0406. The second-order valence-electron chi connectivity index (χ2n) is 4.97. The predicted octanol–water partition coefficient (Wildman–Crippen LogP) is 3.62. The molecular weight excluding hydrogens is 294 g/mol. The molecule has 0 N–H and O–H groups in total. The van der Waals surface area contributed by atoms with Crippen molar-refractivity contribution in [3.8, 4) is 0 Å². The number of carbonyl (C=O) groups excluding carboxylic acids is 1. The van der Waals surface area contributed by atoms with Gasteiger partial charge in [-0.05, 0) is 42.5 Å². The Labute approximate surface area is 133 Å². The molecule has 1 aromatic carbocycles. The van der Waals surface area contributed by atoms with E-state index in [4.69, 9.17) is 0 Å². The van der Waals surface area contributed by atoms with E-state index in [2.05, 4.69) is 16.0 Å². The molecule has 110 valence electrons. The summed E-state index contributed by atoms with van der Waals surface area (Å²) >= 11 is 1.37. The first-order valence-electron chi connectivity index (χ1n) is 6.87. The lowest BCUT2D eigenvalue weighted by Crippen LogP contribution is -2.23. The Bertz CT molecular complexity index is 768. The van der Waals surface area contributed by atoms with Crippen molar-refractivity contribution in [1.82, 2.24) is 9.88 Å². The van der Waals surface area contributed by atoms with Gasteiger partial charge < -0.3 is 0 Å². The molecule has 5 heteroatoms. The number of aryl methyl sites for hydroxylation is 1. The molecule has 4 nitrogen and oxygen atoms in total. The first kappa shape index (κ1) is 14.5. The highest BCUT2D eigenvalue weighted by Crippen LogP contribution is 2.32. The number of carbonyl (C=O) groups is 1. The quantitative estimate of drug-likeness (QED) is 0.796. The molecule has 0 aliphatic carbocycles. The standard InChI is InChI=1S/C17H15N3OS/c1-12-6-5-7-13(10-12)11-14-16(21)20(2)17(22-14)19-15-8-3-4-9-18-15/h3-11H,1-2H3/b14-11-,19-17+. The number of hydrogen-bond acceptors (Lipinski definition) is 4. The highest BCUT2D eigenvalue weighted by molar-refractivity contribution is 8.18. The Hall–Kier alpha value is -2.40. The van der Waals surface area contributed by atoms with Gasteiger partial charge in [0.25, 0.3) is 5.91 Å². The second-order valence-corrected chi connectivity index (χ2v) is 5.98. The summed E-state index contributed by atoms with van der Waals surface area (Å²) in [6.45, 7) is 2.03. The summed E-state index contributed by atoms with van der Waals surface area (Å²) in [4.78, 5) is 23.2. The molecular formula is C17H15N3OS. The van der Waals surface area contributed by atoms with Gasteiger partial charge in [0.2, 0.25) is 0 Å². The molecule has 1 aromatic heterocycles. The molecule has 0 unspecified atom stereocenters. The van der Waals surface area contributed by atoms with Crippen LogP contribution in [-0.2, 0) is 4.79 Å². The highest BCUT2D eigenvalue weighted by Gasteiger charge is 2.30. The van der Waals surface area contributed by atoms with Gasteiger partial charge in [-0.15, -0.1) is 0 Å². The van der Waals surface area contributed by atoms with Gasteiger partial charge >= 0.3 is 0 Å². The summed E-state index contributed by atoms with van der Waals surface area (Å²) in [6.07, 6.45) is 3.59. The van der Waals surface area contributed by atoms with E-state index in [-0.39, 0.29) is 5.91 Å². The molecule has 1 aliphatic heterocycles. The number of hydrogen-bond donors (Lipinski definition) is 0. The maximum absolute atomic E-state index is 12.3. The van der Waals surface area contributed by atoms with Crippen LogP contribution in [0.3, 0.4) is 0 Å². The van der Waals surface area contributed by atoms with Crippen LogP contribution in [0.25, 0.3) is 6.08 Å². The van der Waals surface area contributed by atoms with E-state index < -0.39 is 0 Å². The minimum atomic E-state index is -0.0406. The molecule has 0 radical (unpaired) electrons. The predicted molar refractivity (Wildman–Crippen MR) is 90.8 cm³/mol. The number of aromatic nitrogens is 1. The van der Waals surface area contributed by atoms with Gasteiger partial charge in [0.15, 0.2) is 11.0 Å². The van der Waals surface area contributed by atoms with Gasteiger partial charge in [0.05, 0.1) is 4.91 Å². The monoisotopic (exact) mass is 309 g/mol. The van der Waals surface area contributed by atoms with Crippen LogP contribution in [0.1, 0.15) is 11.1 Å². The van der Waals surface area contributed by atoms with Crippen molar-refractivity contribution in [3.05, 3.63) is 64.7 Å². The number of amidine groups is 1. The van der Waals surface area contributed by atoms with Gasteiger partial charge in [-0.25, -0.2) is 9.98 Å². The third-order valence-electron chi connectivity index (χ3n) is 3.20. The smallest absolute Gasteiger partial charge is 0.266 e. The van der Waals surface area contributed by atoms with Crippen LogP contribution in [0, 0.1) is 6.92 Å². The SMILES string of the molecule is Cc1cccc(/C=C2\S/C(=N/c3ccccn3)N(C)C2=O)c1. The Kier molecular flexibility index (Phi) is 4.06. The largest absolute Gasteiger partial charge is 0.289 e. The zero-order chi connectivity index (χ0) is 15.5. The van der Waals surface area contributed by atoms with E-state index in [0.29, 0.717) is 15.9 Å². The average molecular weight is 309 g/mol. The van der Waals surface area contributed by atoms with E-state index in [1.807, 2.05) is 49.4 Å².